The Bertz CT molecular complexity index is 1520. The predicted molar refractivity (Wildman–Crippen MR) is 161 cm³/mol. The maximum absolute atomic E-state index is 13.0. The van der Waals surface area contributed by atoms with Gasteiger partial charge in [-0.3, -0.25) is 4.90 Å². The largest absolute Gasteiger partial charge is 0.437 e. The van der Waals surface area contributed by atoms with Crippen LogP contribution in [0, 0.1) is 0 Å². The molecule has 0 aromatic heterocycles. The van der Waals surface area contributed by atoms with Crippen LogP contribution in [0.25, 0.3) is 11.1 Å². The summed E-state index contributed by atoms with van der Waals surface area (Å²) in [4.78, 5) is 32.6. The van der Waals surface area contributed by atoms with Crippen LogP contribution in [0.5, 0.6) is 5.75 Å². The number of hydrogen-bond acceptors (Lipinski definition) is 7. The highest BCUT2D eigenvalue weighted by Gasteiger charge is 2.18. The van der Waals surface area contributed by atoms with E-state index in [9.17, 15) is 18.0 Å². The summed E-state index contributed by atoms with van der Waals surface area (Å²) in [5, 5.41) is 5.35. The number of hydrogen-bond donors (Lipinski definition) is 2. The van der Waals surface area contributed by atoms with Crippen molar-refractivity contribution in [3.8, 4) is 16.9 Å². The summed E-state index contributed by atoms with van der Waals surface area (Å²) in [6.07, 6.45) is -1.79. The fourth-order valence-electron chi connectivity index (χ4n) is 4.32. The third-order valence-electron chi connectivity index (χ3n) is 6.61. The van der Waals surface area contributed by atoms with Crippen LogP contribution in [0.1, 0.15) is 38.8 Å². The Morgan fingerprint density at radius 1 is 0.929 bits per heavy atom. The normalized spacial score (nSPS) is 12.6. The van der Waals surface area contributed by atoms with Crippen LogP contribution < -0.4 is 15.6 Å². The summed E-state index contributed by atoms with van der Waals surface area (Å²) >= 11 is 0. The molecule has 0 heterocycles. The van der Waals surface area contributed by atoms with E-state index < -0.39 is 28.4 Å². The Morgan fingerprint density at radius 2 is 1.60 bits per heavy atom. The average Bonchev–Trinajstić information content (AvgIpc) is 2.96. The minimum absolute atomic E-state index is 0.00307. The maximum atomic E-state index is 13.0. The SMILES string of the molecule is CCN(Cc1cccc(C(N)=NC(=O)OC(C)N(CC)CC)c1)C(=O)Oc1ccc(-c2ccccc2S(N)(=O)=O)cc1. The Labute approximate surface area is 246 Å². The van der Waals surface area contributed by atoms with Gasteiger partial charge in [0.2, 0.25) is 10.0 Å². The minimum atomic E-state index is -3.91. The van der Waals surface area contributed by atoms with Crippen molar-refractivity contribution in [1.29, 1.82) is 0 Å². The highest BCUT2D eigenvalue weighted by atomic mass is 32.2. The number of rotatable bonds is 11. The second kappa shape index (κ2) is 14.6. The first-order valence-electron chi connectivity index (χ1n) is 13.5. The van der Waals surface area contributed by atoms with E-state index >= 15 is 0 Å². The molecule has 11 nitrogen and oxygen atoms in total. The van der Waals surface area contributed by atoms with E-state index in [0.29, 0.717) is 23.2 Å². The summed E-state index contributed by atoms with van der Waals surface area (Å²) < 4.78 is 34.8. The number of primary sulfonamides is 1. The first-order chi connectivity index (χ1) is 20.0. The molecule has 2 amide bonds. The molecule has 3 aromatic carbocycles. The van der Waals surface area contributed by atoms with Gasteiger partial charge in [0.25, 0.3) is 0 Å². The molecule has 0 radical (unpaired) electrons. The molecular weight excluding hydrogens is 558 g/mol. The smallest absolute Gasteiger partial charge is 0.429 e. The zero-order valence-electron chi connectivity index (χ0n) is 24.2. The molecule has 224 valence electrons. The van der Waals surface area contributed by atoms with Crippen LogP contribution in [0.4, 0.5) is 9.59 Å². The molecule has 1 atom stereocenters. The third kappa shape index (κ3) is 8.62. The number of amidine groups is 1. The number of carbonyl (C=O) groups is 2. The van der Waals surface area contributed by atoms with Gasteiger partial charge in [0, 0.05) is 24.2 Å². The third-order valence-corrected chi connectivity index (χ3v) is 7.58. The number of carbonyl (C=O) groups excluding carboxylic acids is 2. The van der Waals surface area contributed by atoms with Gasteiger partial charge in [-0.15, -0.1) is 0 Å². The lowest BCUT2D eigenvalue weighted by molar-refractivity contribution is 0.00940. The first-order valence-corrected chi connectivity index (χ1v) is 15.1. The number of nitrogens with two attached hydrogens (primary N) is 2. The van der Waals surface area contributed by atoms with Crippen molar-refractivity contribution in [3.63, 3.8) is 0 Å². The van der Waals surface area contributed by atoms with Crippen LogP contribution in [0.2, 0.25) is 0 Å². The van der Waals surface area contributed by atoms with Crippen molar-refractivity contribution in [1.82, 2.24) is 9.80 Å². The van der Waals surface area contributed by atoms with Gasteiger partial charge in [-0.1, -0.05) is 62.4 Å². The van der Waals surface area contributed by atoms with Crippen LogP contribution in [0.15, 0.2) is 82.7 Å². The molecule has 0 aliphatic heterocycles. The number of nitrogens with zero attached hydrogens (tertiary/aromatic N) is 3. The van der Waals surface area contributed by atoms with Crippen molar-refractivity contribution < 1.29 is 27.5 Å². The highest BCUT2D eigenvalue weighted by molar-refractivity contribution is 7.89. The summed E-state index contributed by atoms with van der Waals surface area (Å²) in [7, 11) is -3.91. The van der Waals surface area contributed by atoms with Crippen molar-refractivity contribution in [3.05, 3.63) is 83.9 Å². The van der Waals surface area contributed by atoms with Gasteiger partial charge >= 0.3 is 12.2 Å². The van der Waals surface area contributed by atoms with Crippen LogP contribution in [-0.4, -0.2) is 62.1 Å². The summed E-state index contributed by atoms with van der Waals surface area (Å²) in [6, 6.07) is 19.9. The quantitative estimate of drug-likeness (QED) is 0.186. The van der Waals surface area contributed by atoms with Crippen molar-refractivity contribution >= 4 is 28.0 Å². The number of benzene rings is 3. The number of ether oxygens (including phenoxy) is 2. The Hall–Kier alpha value is -4.26. The molecule has 12 heteroatoms. The van der Waals surface area contributed by atoms with E-state index in [1.54, 1.807) is 67.6 Å². The number of aliphatic imine (C=N–C) groups is 1. The Kier molecular flexibility index (Phi) is 11.2. The maximum Gasteiger partial charge on any atom is 0.437 e. The zero-order valence-corrected chi connectivity index (χ0v) is 25.0. The van der Waals surface area contributed by atoms with E-state index in [4.69, 9.17) is 20.3 Å². The molecule has 1 unspecified atom stereocenters. The molecule has 0 saturated heterocycles. The molecule has 0 fully saturated rings. The van der Waals surface area contributed by atoms with E-state index in [0.717, 1.165) is 18.7 Å². The predicted octanol–water partition coefficient (Wildman–Crippen LogP) is 4.55. The average molecular weight is 596 g/mol. The number of amides is 2. The fourth-order valence-corrected chi connectivity index (χ4v) is 5.08. The summed E-state index contributed by atoms with van der Waals surface area (Å²) in [6.45, 7) is 9.58. The second-order valence-corrected chi connectivity index (χ2v) is 10.9. The standard InChI is InChI=1S/C30H37N5O6S/c1-5-34(6-2)21(4)40-29(36)33-28(31)24-12-10-11-22(19-24)20-35(7-3)30(37)41-25-17-15-23(16-18-25)26-13-8-9-14-27(26)42(32,38)39/h8-19,21H,5-7,20H2,1-4H3,(H2,31,33,36)(H2,32,38,39). The lowest BCUT2D eigenvalue weighted by Gasteiger charge is -2.24. The molecule has 0 spiro atoms. The van der Waals surface area contributed by atoms with Gasteiger partial charge in [0.1, 0.15) is 11.6 Å². The van der Waals surface area contributed by atoms with Crippen molar-refractivity contribution in [2.24, 2.45) is 15.9 Å². The van der Waals surface area contributed by atoms with Gasteiger partial charge in [-0.25, -0.2) is 23.1 Å². The van der Waals surface area contributed by atoms with E-state index in [1.807, 2.05) is 31.7 Å². The first kappa shape index (κ1) is 32.3. The van der Waals surface area contributed by atoms with Crippen LogP contribution in [0.3, 0.4) is 0 Å². The summed E-state index contributed by atoms with van der Waals surface area (Å²) in [5.74, 6) is 0.293. The van der Waals surface area contributed by atoms with Crippen molar-refractivity contribution in [2.45, 2.75) is 45.4 Å². The van der Waals surface area contributed by atoms with Gasteiger partial charge in [-0.05, 0) is 62.3 Å². The molecule has 0 aliphatic carbocycles. The monoisotopic (exact) mass is 595 g/mol. The highest BCUT2D eigenvalue weighted by Crippen LogP contribution is 2.28. The summed E-state index contributed by atoms with van der Waals surface area (Å²) in [5.41, 5.74) is 8.40. The fraction of sp³-hybridized carbons (Fsp3) is 0.300. The molecule has 3 aromatic rings. The molecule has 0 aliphatic rings. The van der Waals surface area contributed by atoms with Crippen LogP contribution >= 0.6 is 0 Å². The van der Waals surface area contributed by atoms with Gasteiger partial charge < -0.3 is 20.1 Å². The zero-order chi connectivity index (χ0) is 30.9. The lowest BCUT2D eigenvalue weighted by Crippen LogP contribution is -2.36. The van der Waals surface area contributed by atoms with Gasteiger partial charge in [0.05, 0.1) is 4.90 Å². The van der Waals surface area contributed by atoms with E-state index in [-0.39, 0.29) is 23.0 Å². The molecule has 42 heavy (non-hydrogen) atoms. The molecule has 0 saturated carbocycles. The topological polar surface area (TPSA) is 158 Å². The molecule has 4 N–H and O–H groups in total. The molecule has 0 bridgehead atoms. The van der Waals surface area contributed by atoms with E-state index in [2.05, 4.69) is 4.99 Å². The second-order valence-electron chi connectivity index (χ2n) is 9.35. The van der Waals surface area contributed by atoms with Crippen molar-refractivity contribution in [2.75, 3.05) is 19.6 Å². The van der Waals surface area contributed by atoms with Gasteiger partial charge in [-0.2, -0.15) is 4.99 Å². The molecular formula is C30H37N5O6S. The van der Waals surface area contributed by atoms with E-state index in [1.165, 1.54) is 11.0 Å². The van der Waals surface area contributed by atoms with Crippen LogP contribution in [-0.2, 0) is 21.3 Å². The van der Waals surface area contributed by atoms with Gasteiger partial charge in [0.15, 0.2) is 6.23 Å². The lowest BCUT2D eigenvalue weighted by atomic mass is 10.1. The Balaban J connectivity index is 1.68. The number of sulfonamides is 1. The molecule has 3 rings (SSSR count). The Morgan fingerprint density at radius 3 is 2.21 bits per heavy atom. The minimum Gasteiger partial charge on any atom is -0.429 e.